The van der Waals surface area contributed by atoms with Crippen LogP contribution in [-0.4, -0.2) is 21.8 Å². The van der Waals surface area contributed by atoms with E-state index in [0.29, 0.717) is 16.7 Å². The minimum Gasteiger partial charge on any atom is -0.478 e. The maximum atomic E-state index is 11.6. The zero-order valence-corrected chi connectivity index (χ0v) is 9.75. The summed E-state index contributed by atoms with van der Waals surface area (Å²) < 4.78 is 0. The van der Waals surface area contributed by atoms with Crippen molar-refractivity contribution in [1.29, 1.82) is 0 Å². The van der Waals surface area contributed by atoms with Crippen molar-refractivity contribution in [3.8, 4) is 11.1 Å². The highest BCUT2D eigenvalue weighted by molar-refractivity contribution is 6.04. The topological polar surface area (TPSA) is 67.3 Å². The average molecular weight is 241 g/mol. The van der Waals surface area contributed by atoms with Crippen molar-refractivity contribution in [2.45, 2.75) is 6.92 Å². The summed E-state index contributed by atoms with van der Waals surface area (Å²) in [5.41, 5.74) is 1.68. The third kappa shape index (κ3) is 2.13. The monoisotopic (exact) mass is 241 g/mol. The Labute approximate surface area is 104 Å². The van der Waals surface area contributed by atoms with Gasteiger partial charge in [-0.1, -0.05) is 24.3 Å². The van der Waals surface area contributed by atoms with Gasteiger partial charge in [-0.2, -0.15) is 0 Å². The lowest BCUT2D eigenvalue weighted by Gasteiger charge is -2.09. The van der Waals surface area contributed by atoms with Gasteiger partial charge in [0.25, 0.3) is 0 Å². The zero-order valence-electron chi connectivity index (χ0n) is 9.75. The van der Waals surface area contributed by atoms with Crippen molar-refractivity contribution in [3.63, 3.8) is 0 Å². The standard InChI is InChI=1S/C14H11NO3/c1-9(16)10-4-2-3-5-11(10)13-8-15-7-6-12(13)14(17)18/h2-8H,1H3,(H,17,18). The quantitative estimate of drug-likeness (QED) is 0.839. The number of carbonyl (C=O) groups is 2. The number of carboxylic acids is 1. The number of carbonyl (C=O) groups excluding carboxylic acids is 1. The minimum absolute atomic E-state index is 0.106. The summed E-state index contributed by atoms with van der Waals surface area (Å²) in [5, 5.41) is 9.14. The van der Waals surface area contributed by atoms with E-state index in [1.54, 1.807) is 24.3 Å². The molecule has 0 radical (unpaired) electrons. The smallest absolute Gasteiger partial charge is 0.336 e. The third-order valence-corrected chi connectivity index (χ3v) is 2.65. The van der Waals surface area contributed by atoms with E-state index in [1.165, 1.54) is 25.4 Å². The predicted octanol–water partition coefficient (Wildman–Crippen LogP) is 2.65. The Morgan fingerprint density at radius 2 is 1.78 bits per heavy atom. The van der Waals surface area contributed by atoms with Crippen molar-refractivity contribution in [2.24, 2.45) is 0 Å². The zero-order chi connectivity index (χ0) is 13.1. The van der Waals surface area contributed by atoms with Gasteiger partial charge in [-0.25, -0.2) is 4.79 Å². The van der Waals surface area contributed by atoms with Crippen LogP contribution in [0.1, 0.15) is 27.6 Å². The van der Waals surface area contributed by atoms with Crippen LogP contribution in [0, 0.1) is 0 Å². The van der Waals surface area contributed by atoms with E-state index < -0.39 is 5.97 Å². The molecule has 18 heavy (non-hydrogen) atoms. The Morgan fingerprint density at radius 3 is 2.44 bits per heavy atom. The summed E-state index contributed by atoms with van der Waals surface area (Å²) in [5.74, 6) is -1.14. The van der Waals surface area contributed by atoms with Crippen molar-refractivity contribution >= 4 is 11.8 Å². The Kier molecular flexibility index (Phi) is 3.19. The normalized spacial score (nSPS) is 10.1. The molecule has 0 saturated heterocycles. The first-order valence-corrected chi connectivity index (χ1v) is 5.39. The lowest BCUT2D eigenvalue weighted by atomic mass is 9.95. The maximum Gasteiger partial charge on any atom is 0.336 e. The molecule has 0 amide bonds. The van der Waals surface area contributed by atoms with Gasteiger partial charge < -0.3 is 5.11 Å². The van der Waals surface area contributed by atoms with E-state index >= 15 is 0 Å². The second-order valence-corrected chi connectivity index (χ2v) is 3.83. The summed E-state index contributed by atoms with van der Waals surface area (Å²) >= 11 is 0. The van der Waals surface area contributed by atoms with Crippen LogP contribution in [0.3, 0.4) is 0 Å². The number of pyridine rings is 1. The molecule has 1 N–H and O–H groups in total. The van der Waals surface area contributed by atoms with Crippen molar-refractivity contribution in [3.05, 3.63) is 53.9 Å². The largest absolute Gasteiger partial charge is 0.478 e. The first-order chi connectivity index (χ1) is 8.61. The molecular weight excluding hydrogens is 230 g/mol. The number of hydrogen-bond acceptors (Lipinski definition) is 3. The molecule has 4 heteroatoms. The van der Waals surface area contributed by atoms with Crippen LogP contribution in [0.5, 0.6) is 0 Å². The average Bonchev–Trinajstić information content (AvgIpc) is 2.38. The number of aromatic nitrogens is 1. The van der Waals surface area contributed by atoms with E-state index in [0.717, 1.165) is 0 Å². The molecular formula is C14H11NO3. The molecule has 0 spiro atoms. The molecule has 0 fully saturated rings. The lowest BCUT2D eigenvalue weighted by molar-refractivity contribution is 0.0697. The van der Waals surface area contributed by atoms with Crippen LogP contribution in [0.4, 0.5) is 0 Å². The van der Waals surface area contributed by atoms with E-state index in [4.69, 9.17) is 5.11 Å². The molecule has 1 heterocycles. The number of carboxylic acid groups (broad SMARTS) is 1. The molecule has 2 aromatic rings. The van der Waals surface area contributed by atoms with Crippen LogP contribution in [-0.2, 0) is 0 Å². The van der Waals surface area contributed by atoms with E-state index in [1.807, 2.05) is 0 Å². The number of nitrogens with zero attached hydrogens (tertiary/aromatic N) is 1. The van der Waals surface area contributed by atoms with Crippen LogP contribution in [0.25, 0.3) is 11.1 Å². The fraction of sp³-hybridized carbons (Fsp3) is 0.0714. The molecule has 1 aromatic heterocycles. The lowest BCUT2D eigenvalue weighted by Crippen LogP contribution is -2.03. The second kappa shape index (κ2) is 4.79. The number of benzene rings is 1. The Morgan fingerprint density at radius 1 is 1.06 bits per heavy atom. The van der Waals surface area contributed by atoms with E-state index in [-0.39, 0.29) is 11.3 Å². The highest BCUT2D eigenvalue weighted by Gasteiger charge is 2.15. The second-order valence-electron chi connectivity index (χ2n) is 3.83. The van der Waals surface area contributed by atoms with Gasteiger partial charge in [-0.15, -0.1) is 0 Å². The fourth-order valence-electron chi connectivity index (χ4n) is 1.82. The predicted molar refractivity (Wildman–Crippen MR) is 66.6 cm³/mol. The third-order valence-electron chi connectivity index (χ3n) is 2.65. The van der Waals surface area contributed by atoms with Crippen LogP contribution >= 0.6 is 0 Å². The number of Topliss-reactive ketones (excluding diaryl/α,β-unsaturated/α-hetero) is 1. The van der Waals surface area contributed by atoms with Crippen molar-refractivity contribution < 1.29 is 14.7 Å². The SMILES string of the molecule is CC(=O)c1ccccc1-c1cnccc1C(=O)O. The summed E-state index contributed by atoms with van der Waals surface area (Å²) in [6.45, 7) is 1.45. The molecule has 1 aromatic carbocycles. The molecule has 90 valence electrons. The van der Waals surface area contributed by atoms with Gasteiger partial charge in [-0.3, -0.25) is 9.78 Å². The molecule has 0 aliphatic carbocycles. The van der Waals surface area contributed by atoms with Gasteiger partial charge in [0, 0.05) is 23.5 Å². The summed E-state index contributed by atoms with van der Waals surface area (Å²) in [4.78, 5) is 26.6. The molecule has 0 aliphatic rings. The molecule has 2 rings (SSSR count). The van der Waals surface area contributed by atoms with E-state index in [2.05, 4.69) is 4.98 Å². The van der Waals surface area contributed by atoms with Gasteiger partial charge in [0.1, 0.15) is 0 Å². The first-order valence-electron chi connectivity index (χ1n) is 5.39. The summed E-state index contributed by atoms with van der Waals surface area (Å²) in [6, 6.07) is 8.34. The minimum atomic E-state index is -1.04. The first kappa shape index (κ1) is 12.0. The van der Waals surface area contributed by atoms with Gasteiger partial charge in [0.15, 0.2) is 5.78 Å². The Bertz CT molecular complexity index is 564. The van der Waals surface area contributed by atoms with Gasteiger partial charge in [0.2, 0.25) is 0 Å². The molecule has 0 saturated carbocycles. The number of aromatic carboxylic acids is 1. The Hall–Kier alpha value is -2.49. The van der Waals surface area contributed by atoms with Crippen LogP contribution < -0.4 is 0 Å². The van der Waals surface area contributed by atoms with Crippen molar-refractivity contribution in [1.82, 2.24) is 4.98 Å². The maximum absolute atomic E-state index is 11.6. The number of ketones is 1. The molecule has 0 unspecified atom stereocenters. The molecule has 0 atom stereocenters. The van der Waals surface area contributed by atoms with Crippen LogP contribution in [0.2, 0.25) is 0 Å². The Balaban J connectivity index is 2.70. The van der Waals surface area contributed by atoms with E-state index in [9.17, 15) is 9.59 Å². The molecule has 4 nitrogen and oxygen atoms in total. The number of hydrogen-bond donors (Lipinski definition) is 1. The van der Waals surface area contributed by atoms with Gasteiger partial charge in [-0.05, 0) is 18.6 Å². The summed E-state index contributed by atoms with van der Waals surface area (Å²) in [7, 11) is 0. The fourth-order valence-corrected chi connectivity index (χ4v) is 1.82. The highest BCUT2D eigenvalue weighted by Crippen LogP contribution is 2.26. The van der Waals surface area contributed by atoms with Crippen molar-refractivity contribution in [2.75, 3.05) is 0 Å². The van der Waals surface area contributed by atoms with Gasteiger partial charge >= 0.3 is 5.97 Å². The number of rotatable bonds is 3. The molecule has 0 aliphatic heterocycles. The highest BCUT2D eigenvalue weighted by atomic mass is 16.4. The molecule has 0 bridgehead atoms. The van der Waals surface area contributed by atoms with Gasteiger partial charge in [0.05, 0.1) is 5.56 Å². The van der Waals surface area contributed by atoms with Crippen LogP contribution in [0.15, 0.2) is 42.7 Å². The summed E-state index contributed by atoms with van der Waals surface area (Å²) in [6.07, 6.45) is 2.88.